The minimum absolute atomic E-state index is 0.0204. The van der Waals surface area contributed by atoms with Crippen LogP contribution in [0.4, 0.5) is 13.2 Å². The van der Waals surface area contributed by atoms with Crippen LogP contribution in [0, 0.1) is 0 Å². The number of amides is 1. The molecule has 10 heteroatoms. The smallest absolute Gasteiger partial charge is 0.387 e. The lowest BCUT2D eigenvalue weighted by Gasteiger charge is -2.30. The molecule has 1 aliphatic carbocycles. The van der Waals surface area contributed by atoms with Crippen LogP contribution in [0.15, 0.2) is 41.0 Å². The predicted octanol–water partition coefficient (Wildman–Crippen LogP) is 4.63. The topological polar surface area (TPSA) is 73.2 Å². The highest BCUT2D eigenvalue weighted by Crippen LogP contribution is 2.40. The van der Waals surface area contributed by atoms with Gasteiger partial charge in [0.2, 0.25) is 0 Å². The molecule has 7 nitrogen and oxygen atoms in total. The van der Waals surface area contributed by atoms with Crippen molar-refractivity contribution in [3.63, 3.8) is 0 Å². The maximum atomic E-state index is 13.3. The Bertz CT molecular complexity index is 1230. The fourth-order valence-corrected chi connectivity index (χ4v) is 4.09. The molecule has 2 aromatic carbocycles. The first kappa shape index (κ1) is 23.3. The average Bonchev–Trinajstić information content (AvgIpc) is 3.32. The van der Waals surface area contributed by atoms with E-state index < -0.39 is 24.7 Å². The van der Waals surface area contributed by atoms with Gasteiger partial charge in [0.25, 0.3) is 5.91 Å². The van der Waals surface area contributed by atoms with Gasteiger partial charge >= 0.3 is 6.61 Å². The molecule has 1 aromatic heterocycles. The summed E-state index contributed by atoms with van der Waals surface area (Å²) in [5, 5.41) is 3.20. The third kappa shape index (κ3) is 5.02. The Hall–Kier alpha value is -3.40. The standard InChI is InChI=1S/C25H25F3N2O5/c1-32-21-9-14(10-22(35-25(27)28)23(21)24(31)29-19-12-18(19)26)17-13-34-20-11-15(3-4-16(17)20)33-8-7-30-5-2-6-30/h3-4,9-11,13,18-19,25H,2,5-8,12H2,1H3,(H,29,31)/t18-,19+/m0/s1. The SMILES string of the molecule is COc1cc(-c2coc3cc(OCCN4CCC4)ccc23)cc(OC(F)F)c1C(=O)N[C@@H]1C[C@@H]1F. The Morgan fingerprint density at radius 1 is 1.23 bits per heavy atom. The number of benzene rings is 2. The minimum Gasteiger partial charge on any atom is -0.496 e. The second kappa shape index (κ2) is 9.69. The highest BCUT2D eigenvalue weighted by Gasteiger charge is 2.40. The Morgan fingerprint density at radius 3 is 2.66 bits per heavy atom. The number of ether oxygens (including phenoxy) is 3. The normalized spacial score (nSPS) is 19.5. The summed E-state index contributed by atoms with van der Waals surface area (Å²) >= 11 is 0. The van der Waals surface area contributed by atoms with Crippen molar-refractivity contribution in [2.24, 2.45) is 0 Å². The van der Waals surface area contributed by atoms with Crippen molar-refractivity contribution in [1.29, 1.82) is 0 Å². The zero-order valence-electron chi connectivity index (χ0n) is 19.1. The van der Waals surface area contributed by atoms with Crippen molar-refractivity contribution in [3.05, 3.63) is 42.2 Å². The largest absolute Gasteiger partial charge is 0.496 e. The molecule has 1 N–H and O–H groups in total. The Balaban J connectivity index is 1.43. The summed E-state index contributed by atoms with van der Waals surface area (Å²) in [6.07, 6.45) is 1.75. The molecule has 2 atom stereocenters. The monoisotopic (exact) mass is 490 g/mol. The fourth-order valence-electron chi connectivity index (χ4n) is 4.09. The molecule has 5 rings (SSSR count). The van der Waals surface area contributed by atoms with Gasteiger partial charge in [0.1, 0.15) is 41.2 Å². The quantitative estimate of drug-likeness (QED) is 0.447. The van der Waals surface area contributed by atoms with E-state index >= 15 is 0 Å². The first-order chi connectivity index (χ1) is 16.9. The Labute approximate surface area is 199 Å². The lowest BCUT2D eigenvalue weighted by Crippen LogP contribution is -2.39. The second-order valence-corrected chi connectivity index (χ2v) is 8.61. The molecular weight excluding hydrogens is 465 g/mol. The van der Waals surface area contributed by atoms with Crippen molar-refractivity contribution in [2.45, 2.75) is 31.7 Å². The number of nitrogens with zero attached hydrogens (tertiary/aromatic N) is 1. The maximum Gasteiger partial charge on any atom is 0.387 e. The molecule has 0 radical (unpaired) electrons. The molecule has 1 saturated heterocycles. The summed E-state index contributed by atoms with van der Waals surface area (Å²) in [6.45, 7) is 0.455. The van der Waals surface area contributed by atoms with Gasteiger partial charge < -0.3 is 23.9 Å². The first-order valence-corrected chi connectivity index (χ1v) is 11.4. The van der Waals surface area contributed by atoms with Gasteiger partial charge in [-0.15, -0.1) is 0 Å². The Morgan fingerprint density at radius 2 is 2.00 bits per heavy atom. The zero-order valence-corrected chi connectivity index (χ0v) is 19.1. The van der Waals surface area contributed by atoms with Crippen LogP contribution in [0.3, 0.4) is 0 Å². The molecule has 35 heavy (non-hydrogen) atoms. The summed E-state index contributed by atoms with van der Waals surface area (Å²) < 4.78 is 61.2. The van der Waals surface area contributed by atoms with Gasteiger partial charge in [0, 0.05) is 30.0 Å². The number of halogens is 3. The third-order valence-electron chi connectivity index (χ3n) is 6.24. The minimum atomic E-state index is -3.17. The number of rotatable bonds is 10. The van der Waals surface area contributed by atoms with Crippen LogP contribution >= 0.6 is 0 Å². The number of hydrogen-bond donors (Lipinski definition) is 1. The molecule has 186 valence electrons. The van der Waals surface area contributed by atoms with E-state index in [1.165, 1.54) is 31.9 Å². The van der Waals surface area contributed by atoms with Crippen LogP contribution in [0.5, 0.6) is 17.2 Å². The van der Waals surface area contributed by atoms with Gasteiger partial charge in [0.05, 0.1) is 19.4 Å². The summed E-state index contributed by atoms with van der Waals surface area (Å²) in [4.78, 5) is 15.0. The van der Waals surface area contributed by atoms with E-state index in [0.717, 1.165) is 25.0 Å². The van der Waals surface area contributed by atoms with Crippen LogP contribution in [0.1, 0.15) is 23.2 Å². The van der Waals surface area contributed by atoms with Gasteiger partial charge in [-0.3, -0.25) is 9.69 Å². The van der Waals surface area contributed by atoms with Crippen molar-refractivity contribution in [3.8, 4) is 28.4 Å². The fraction of sp³-hybridized carbons (Fsp3) is 0.400. The second-order valence-electron chi connectivity index (χ2n) is 8.61. The maximum absolute atomic E-state index is 13.3. The van der Waals surface area contributed by atoms with E-state index in [-0.39, 0.29) is 23.5 Å². The molecule has 0 spiro atoms. The van der Waals surface area contributed by atoms with Gasteiger partial charge in [-0.2, -0.15) is 8.78 Å². The van der Waals surface area contributed by atoms with Crippen LogP contribution in [-0.2, 0) is 0 Å². The summed E-state index contributed by atoms with van der Waals surface area (Å²) in [5.41, 5.74) is 1.39. The highest BCUT2D eigenvalue weighted by atomic mass is 19.3. The highest BCUT2D eigenvalue weighted by molar-refractivity contribution is 6.02. The van der Waals surface area contributed by atoms with E-state index in [1.54, 1.807) is 6.07 Å². The number of furan rings is 1. The number of alkyl halides is 3. The number of fused-ring (bicyclic) bond motifs is 1. The van der Waals surface area contributed by atoms with Gasteiger partial charge in [-0.05, 0) is 49.3 Å². The molecule has 0 unspecified atom stereocenters. The molecule has 1 saturated carbocycles. The predicted molar refractivity (Wildman–Crippen MR) is 122 cm³/mol. The van der Waals surface area contributed by atoms with E-state index in [2.05, 4.69) is 15.0 Å². The molecule has 3 aromatic rings. The summed E-state index contributed by atoms with van der Waals surface area (Å²) in [7, 11) is 1.31. The van der Waals surface area contributed by atoms with E-state index in [4.69, 9.17) is 13.9 Å². The number of methoxy groups -OCH3 is 1. The first-order valence-electron chi connectivity index (χ1n) is 11.4. The van der Waals surface area contributed by atoms with E-state index in [0.29, 0.717) is 29.1 Å². The molecule has 0 bridgehead atoms. The Kier molecular flexibility index (Phi) is 6.46. The summed E-state index contributed by atoms with van der Waals surface area (Å²) in [5.74, 6) is -0.432. The molecule has 2 fully saturated rings. The molecule has 2 aliphatic rings. The van der Waals surface area contributed by atoms with E-state index in [9.17, 15) is 18.0 Å². The van der Waals surface area contributed by atoms with Crippen molar-refractivity contribution in [2.75, 3.05) is 33.4 Å². The van der Waals surface area contributed by atoms with Crippen molar-refractivity contribution in [1.82, 2.24) is 10.2 Å². The van der Waals surface area contributed by atoms with Gasteiger partial charge in [0.15, 0.2) is 0 Å². The summed E-state index contributed by atoms with van der Waals surface area (Å²) in [6, 6.07) is 7.62. The van der Waals surface area contributed by atoms with Crippen LogP contribution < -0.4 is 19.5 Å². The average molecular weight is 490 g/mol. The molecular formula is C25H25F3N2O5. The number of nitrogens with one attached hydrogen (secondary N) is 1. The molecule has 2 heterocycles. The van der Waals surface area contributed by atoms with Crippen molar-refractivity contribution < 1.29 is 36.6 Å². The van der Waals surface area contributed by atoms with E-state index in [1.807, 2.05) is 12.1 Å². The zero-order chi connectivity index (χ0) is 24.5. The van der Waals surface area contributed by atoms with Gasteiger partial charge in [-0.25, -0.2) is 4.39 Å². The molecule has 1 aliphatic heterocycles. The lowest BCUT2D eigenvalue weighted by molar-refractivity contribution is -0.0502. The van der Waals surface area contributed by atoms with Gasteiger partial charge in [-0.1, -0.05) is 0 Å². The number of likely N-dealkylation sites (tertiary alicyclic amines) is 1. The van der Waals surface area contributed by atoms with Crippen LogP contribution in [0.2, 0.25) is 0 Å². The van der Waals surface area contributed by atoms with Crippen LogP contribution in [-0.4, -0.2) is 63.0 Å². The lowest BCUT2D eigenvalue weighted by atomic mass is 10.0. The molecule has 1 amide bonds. The van der Waals surface area contributed by atoms with Crippen LogP contribution in [0.25, 0.3) is 22.1 Å². The van der Waals surface area contributed by atoms with Crippen molar-refractivity contribution >= 4 is 16.9 Å². The number of hydrogen-bond acceptors (Lipinski definition) is 6. The number of carbonyl (C=O) groups excluding carboxylic acids is 1. The third-order valence-corrected chi connectivity index (χ3v) is 6.24. The number of carbonyl (C=O) groups is 1.